The molecule has 3 N–H and O–H groups in total. The first kappa shape index (κ1) is 28.8. The number of fused-ring (bicyclic) bond motifs is 1. The molecule has 1 atom stereocenters. The molecule has 0 radical (unpaired) electrons. The molecule has 38 heavy (non-hydrogen) atoms. The standard InChI is InChI=1S/C17H16F5N5O9S2/c1-8-13(7-25(24-8)15(18)19)37(31,32)26-6-10(5-14(28)27(17(20,21)22)38(33,34)35)36-12-3-2-9(4-11(12)26)23-16(29)30/h2-4,7,10,15,23H,5-6H2,1H3,(H,29,30)(H,33,34,35). The van der Waals surface area contributed by atoms with Crippen molar-refractivity contribution >= 4 is 43.7 Å². The van der Waals surface area contributed by atoms with Crippen molar-refractivity contribution in [1.29, 1.82) is 0 Å². The summed E-state index contributed by atoms with van der Waals surface area (Å²) in [7, 11) is -11.0. The number of nitrogens with zero attached hydrogens (tertiary/aromatic N) is 4. The molecule has 0 bridgehead atoms. The molecule has 0 saturated heterocycles. The van der Waals surface area contributed by atoms with Gasteiger partial charge < -0.3 is 9.84 Å². The number of amides is 2. The van der Waals surface area contributed by atoms with E-state index in [2.05, 4.69) is 5.10 Å². The SMILES string of the molecule is Cc1nn(C(F)F)cc1S(=O)(=O)N1CC(CC(=O)N(C(F)(F)F)S(=O)(=O)O)Oc2ccc(NC(=O)O)cc21. The van der Waals surface area contributed by atoms with E-state index in [9.17, 15) is 48.4 Å². The third kappa shape index (κ3) is 5.88. The Morgan fingerprint density at radius 2 is 1.89 bits per heavy atom. The first-order chi connectivity index (χ1) is 17.3. The van der Waals surface area contributed by atoms with Gasteiger partial charge in [0, 0.05) is 5.69 Å². The number of benzene rings is 1. The summed E-state index contributed by atoms with van der Waals surface area (Å²) < 4.78 is 128. The minimum absolute atomic E-state index is 0.0281. The lowest BCUT2D eigenvalue weighted by atomic mass is 10.1. The van der Waals surface area contributed by atoms with Gasteiger partial charge in [-0.05, 0) is 25.1 Å². The summed E-state index contributed by atoms with van der Waals surface area (Å²) in [5.74, 6) is -2.63. The van der Waals surface area contributed by atoms with E-state index in [4.69, 9.17) is 14.4 Å². The molecule has 2 heterocycles. The zero-order valence-corrected chi connectivity index (χ0v) is 20.3. The van der Waals surface area contributed by atoms with Gasteiger partial charge in [0.15, 0.2) is 0 Å². The summed E-state index contributed by atoms with van der Waals surface area (Å²) in [5, 5.41) is 14.3. The lowest BCUT2D eigenvalue weighted by Crippen LogP contribution is -2.50. The molecule has 1 aromatic carbocycles. The monoisotopic (exact) mass is 593 g/mol. The van der Waals surface area contributed by atoms with Gasteiger partial charge in [0.1, 0.15) is 16.7 Å². The summed E-state index contributed by atoms with van der Waals surface area (Å²) in [6.07, 6.45) is -10.2. The number of halogens is 5. The number of anilines is 2. The van der Waals surface area contributed by atoms with Crippen LogP contribution in [0.15, 0.2) is 29.3 Å². The molecule has 2 amide bonds. The predicted molar refractivity (Wildman–Crippen MR) is 114 cm³/mol. The van der Waals surface area contributed by atoms with Gasteiger partial charge in [0.25, 0.3) is 10.0 Å². The van der Waals surface area contributed by atoms with Crippen LogP contribution in [0.4, 0.5) is 38.1 Å². The number of aromatic nitrogens is 2. The van der Waals surface area contributed by atoms with Gasteiger partial charge in [0.2, 0.25) is 5.91 Å². The minimum atomic E-state index is -6.12. The van der Waals surface area contributed by atoms with Crippen LogP contribution in [0, 0.1) is 6.92 Å². The molecule has 210 valence electrons. The number of aryl methyl sites for hydroxylation is 1. The average molecular weight is 593 g/mol. The predicted octanol–water partition coefficient (Wildman–Crippen LogP) is 2.17. The molecule has 0 aliphatic carbocycles. The van der Waals surface area contributed by atoms with Crippen molar-refractivity contribution in [3.05, 3.63) is 30.1 Å². The van der Waals surface area contributed by atoms with Gasteiger partial charge in [-0.3, -0.25) is 19.0 Å². The van der Waals surface area contributed by atoms with Crippen molar-refractivity contribution in [1.82, 2.24) is 14.1 Å². The van der Waals surface area contributed by atoms with E-state index in [0.717, 1.165) is 25.1 Å². The Balaban J connectivity index is 2.08. The van der Waals surface area contributed by atoms with Gasteiger partial charge in [-0.25, -0.2) is 17.9 Å². The normalized spacial score (nSPS) is 16.1. The van der Waals surface area contributed by atoms with Crippen LogP contribution in [0.3, 0.4) is 0 Å². The number of hydrogen-bond acceptors (Lipinski definition) is 8. The number of rotatable bonds is 7. The van der Waals surface area contributed by atoms with Crippen molar-refractivity contribution in [2.45, 2.75) is 37.2 Å². The molecule has 3 rings (SSSR count). The van der Waals surface area contributed by atoms with Crippen molar-refractivity contribution < 1.29 is 62.8 Å². The molecule has 1 aromatic heterocycles. The Bertz CT molecular complexity index is 1480. The zero-order chi connectivity index (χ0) is 28.8. The molecular weight excluding hydrogens is 577 g/mol. The summed E-state index contributed by atoms with van der Waals surface area (Å²) in [6, 6.07) is 3.02. The number of carbonyl (C=O) groups excluding carboxylic acids is 1. The quantitative estimate of drug-likeness (QED) is 0.244. The second-order valence-electron chi connectivity index (χ2n) is 7.53. The third-order valence-electron chi connectivity index (χ3n) is 4.87. The fourth-order valence-corrected chi connectivity index (χ4v) is 5.71. The Labute approximate surface area is 210 Å². The van der Waals surface area contributed by atoms with Crippen LogP contribution >= 0.6 is 0 Å². The minimum Gasteiger partial charge on any atom is -0.486 e. The third-order valence-corrected chi connectivity index (χ3v) is 7.63. The van der Waals surface area contributed by atoms with Crippen molar-refractivity contribution in [2.75, 3.05) is 16.2 Å². The first-order valence-corrected chi connectivity index (χ1v) is 12.7. The molecular formula is C17H16F5N5O9S2. The molecule has 1 unspecified atom stereocenters. The number of carbonyl (C=O) groups is 2. The van der Waals surface area contributed by atoms with E-state index in [-0.39, 0.29) is 10.4 Å². The van der Waals surface area contributed by atoms with Crippen LogP contribution in [-0.2, 0) is 25.1 Å². The Morgan fingerprint density at radius 3 is 2.39 bits per heavy atom. The maximum absolute atomic E-state index is 13.4. The summed E-state index contributed by atoms with van der Waals surface area (Å²) in [5.41, 5.74) is -0.990. The Morgan fingerprint density at radius 1 is 1.26 bits per heavy atom. The topological polar surface area (TPSA) is 188 Å². The van der Waals surface area contributed by atoms with E-state index in [0.29, 0.717) is 10.5 Å². The Kier molecular flexibility index (Phi) is 7.49. The molecule has 0 spiro atoms. The van der Waals surface area contributed by atoms with Gasteiger partial charge >= 0.3 is 29.2 Å². The van der Waals surface area contributed by atoms with Crippen molar-refractivity contribution in [2.24, 2.45) is 0 Å². The maximum Gasteiger partial charge on any atom is 0.502 e. The maximum atomic E-state index is 13.4. The summed E-state index contributed by atoms with van der Waals surface area (Å²) >= 11 is 0. The van der Waals surface area contributed by atoms with Crippen LogP contribution < -0.4 is 14.4 Å². The number of ether oxygens (including phenoxy) is 1. The van der Waals surface area contributed by atoms with Crippen LogP contribution in [0.25, 0.3) is 0 Å². The molecule has 1 aliphatic heterocycles. The number of sulfonamides is 1. The fourth-order valence-electron chi connectivity index (χ4n) is 3.46. The average Bonchev–Trinajstić information content (AvgIpc) is 3.13. The molecule has 2 aromatic rings. The highest BCUT2D eigenvalue weighted by atomic mass is 32.2. The lowest BCUT2D eigenvalue weighted by molar-refractivity contribution is -0.214. The highest BCUT2D eigenvalue weighted by molar-refractivity contribution is 7.93. The number of alkyl halides is 5. The summed E-state index contributed by atoms with van der Waals surface area (Å²) in [6.45, 7) is -3.13. The van der Waals surface area contributed by atoms with E-state index in [1.54, 1.807) is 0 Å². The second-order valence-corrected chi connectivity index (χ2v) is 10.6. The van der Waals surface area contributed by atoms with Crippen LogP contribution in [0.2, 0.25) is 0 Å². The summed E-state index contributed by atoms with van der Waals surface area (Å²) in [4.78, 5) is 22.4. The van der Waals surface area contributed by atoms with Gasteiger partial charge in [0.05, 0.1) is 30.5 Å². The number of nitrogens with one attached hydrogen (secondary N) is 1. The first-order valence-electron chi connectivity index (χ1n) is 9.87. The van der Waals surface area contributed by atoms with Crippen LogP contribution in [-0.4, -0.2) is 71.5 Å². The largest absolute Gasteiger partial charge is 0.502 e. The second kappa shape index (κ2) is 9.87. The number of hydrogen-bond donors (Lipinski definition) is 3. The van der Waals surface area contributed by atoms with Crippen molar-refractivity contribution in [3.63, 3.8) is 0 Å². The van der Waals surface area contributed by atoms with E-state index >= 15 is 0 Å². The van der Waals surface area contributed by atoms with E-state index in [1.165, 1.54) is 0 Å². The van der Waals surface area contributed by atoms with E-state index in [1.807, 2.05) is 5.32 Å². The van der Waals surface area contributed by atoms with E-state index < -0.39 is 90.6 Å². The highest BCUT2D eigenvalue weighted by Crippen LogP contribution is 2.40. The number of carboxylic acid groups (broad SMARTS) is 1. The van der Waals surface area contributed by atoms with Crippen LogP contribution in [0.5, 0.6) is 5.75 Å². The molecule has 14 nitrogen and oxygen atoms in total. The lowest BCUT2D eigenvalue weighted by Gasteiger charge is -2.36. The Hall–Kier alpha value is -3.72. The van der Waals surface area contributed by atoms with Gasteiger partial charge in [-0.2, -0.15) is 22.3 Å². The van der Waals surface area contributed by atoms with Crippen molar-refractivity contribution in [3.8, 4) is 5.75 Å². The van der Waals surface area contributed by atoms with Crippen LogP contribution in [0.1, 0.15) is 18.7 Å². The molecule has 1 aliphatic rings. The van der Waals surface area contributed by atoms with Gasteiger partial charge in [-0.15, -0.1) is 17.5 Å². The fraction of sp³-hybridized carbons (Fsp3) is 0.353. The molecule has 0 saturated carbocycles. The smallest absolute Gasteiger partial charge is 0.486 e. The highest BCUT2D eigenvalue weighted by Gasteiger charge is 2.50. The molecule has 0 fully saturated rings. The molecule has 21 heteroatoms. The van der Waals surface area contributed by atoms with Gasteiger partial charge in [-0.1, -0.05) is 0 Å². The zero-order valence-electron chi connectivity index (χ0n) is 18.6.